The van der Waals surface area contributed by atoms with Gasteiger partial charge in [-0.3, -0.25) is 9.59 Å². The van der Waals surface area contributed by atoms with Gasteiger partial charge in [0.1, 0.15) is 11.6 Å². The standard InChI is InChI=1S/C17H19BrO5/c1-2-12-3-4-13(11-16(12)18)17(22)23-10-8-15(21)6-5-14(20)7-9-19/h2-4,11,19H,1,5-10H2. The van der Waals surface area contributed by atoms with Gasteiger partial charge in [0.2, 0.25) is 0 Å². The summed E-state index contributed by atoms with van der Waals surface area (Å²) in [6.45, 7) is 3.43. The van der Waals surface area contributed by atoms with Gasteiger partial charge >= 0.3 is 5.97 Å². The van der Waals surface area contributed by atoms with Crippen LogP contribution < -0.4 is 0 Å². The molecule has 1 rings (SSSR count). The van der Waals surface area contributed by atoms with E-state index in [9.17, 15) is 14.4 Å². The lowest BCUT2D eigenvalue weighted by atomic mass is 10.1. The number of hydrogen-bond acceptors (Lipinski definition) is 5. The third-order valence-corrected chi connectivity index (χ3v) is 3.83. The van der Waals surface area contributed by atoms with Crippen molar-refractivity contribution in [1.29, 1.82) is 0 Å². The molecule has 0 fully saturated rings. The summed E-state index contributed by atoms with van der Waals surface area (Å²) >= 11 is 3.33. The van der Waals surface area contributed by atoms with Gasteiger partial charge in [-0.1, -0.05) is 34.7 Å². The molecule has 0 saturated heterocycles. The van der Waals surface area contributed by atoms with Crippen LogP contribution in [0.3, 0.4) is 0 Å². The summed E-state index contributed by atoms with van der Waals surface area (Å²) in [4.78, 5) is 34.6. The maximum absolute atomic E-state index is 11.9. The number of ether oxygens (including phenoxy) is 1. The molecule has 0 amide bonds. The quantitative estimate of drug-likeness (QED) is 0.629. The minimum absolute atomic E-state index is 0.0211. The summed E-state index contributed by atoms with van der Waals surface area (Å²) in [5, 5.41) is 8.59. The van der Waals surface area contributed by atoms with E-state index >= 15 is 0 Å². The molecule has 6 heteroatoms. The van der Waals surface area contributed by atoms with E-state index < -0.39 is 5.97 Å². The predicted octanol–water partition coefficient (Wildman–Crippen LogP) is 2.94. The Morgan fingerprint density at radius 1 is 1.13 bits per heavy atom. The highest BCUT2D eigenvalue weighted by atomic mass is 79.9. The van der Waals surface area contributed by atoms with Crippen molar-refractivity contribution in [2.75, 3.05) is 13.2 Å². The number of ketones is 2. The lowest BCUT2D eigenvalue weighted by molar-refractivity contribution is -0.125. The van der Waals surface area contributed by atoms with Crippen LogP contribution in [-0.2, 0) is 14.3 Å². The maximum Gasteiger partial charge on any atom is 0.338 e. The molecule has 0 aliphatic heterocycles. The van der Waals surface area contributed by atoms with E-state index in [2.05, 4.69) is 22.5 Å². The van der Waals surface area contributed by atoms with E-state index in [1.807, 2.05) is 0 Å². The Hall–Kier alpha value is -1.79. The molecule has 5 nitrogen and oxygen atoms in total. The van der Waals surface area contributed by atoms with Crippen LogP contribution in [0.5, 0.6) is 0 Å². The Balaban J connectivity index is 2.36. The second kappa shape index (κ2) is 10.1. The first-order valence-electron chi connectivity index (χ1n) is 7.21. The molecule has 1 aromatic carbocycles. The molecule has 0 unspecified atom stereocenters. The first-order chi connectivity index (χ1) is 11.0. The van der Waals surface area contributed by atoms with E-state index in [-0.39, 0.29) is 50.5 Å². The van der Waals surface area contributed by atoms with Gasteiger partial charge in [-0.2, -0.15) is 0 Å². The van der Waals surface area contributed by atoms with Crippen LogP contribution in [0, 0.1) is 0 Å². The summed E-state index contributed by atoms with van der Waals surface area (Å²) in [6, 6.07) is 5.00. The number of rotatable bonds is 10. The van der Waals surface area contributed by atoms with E-state index in [1.165, 1.54) is 0 Å². The average Bonchev–Trinajstić information content (AvgIpc) is 2.53. The molecule has 124 valence electrons. The summed E-state index contributed by atoms with van der Waals surface area (Å²) in [5.41, 5.74) is 1.25. The van der Waals surface area contributed by atoms with Gasteiger partial charge in [0.25, 0.3) is 0 Å². The smallest absolute Gasteiger partial charge is 0.338 e. The molecule has 0 aliphatic carbocycles. The second-order valence-corrected chi connectivity index (χ2v) is 5.73. The van der Waals surface area contributed by atoms with Crippen LogP contribution in [-0.4, -0.2) is 35.9 Å². The number of Topliss-reactive ketones (excluding diaryl/α,β-unsaturated/α-hetero) is 2. The van der Waals surface area contributed by atoms with Gasteiger partial charge in [-0.05, 0) is 17.7 Å². The van der Waals surface area contributed by atoms with Crippen LogP contribution in [0.4, 0.5) is 0 Å². The van der Waals surface area contributed by atoms with Crippen LogP contribution in [0.1, 0.15) is 41.6 Å². The van der Waals surface area contributed by atoms with Crippen molar-refractivity contribution in [3.8, 4) is 0 Å². The Kier molecular flexibility index (Phi) is 8.43. The Bertz CT molecular complexity index is 595. The number of benzene rings is 1. The Morgan fingerprint density at radius 2 is 1.78 bits per heavy atom. The lowest BCUT2D eigenvalue weighted by Gasteiger charge is -2.06. The molecule has 0 aliphatic rings. The first kappa shape index (κ1) is 19.3. The van der Waals surface area contributed by atoms with Gasteiger partial charge < -0.3 is 9.84 Å². The number of aliphatic hydroxyl groups excluding tert-OH is 1. The van der Waals surface area contributed by atoms with E-state index in [4.69, 9.17) is 9.84 Å². The maximum atomic E-state index is 11.9. The van der Waals surface area contributed by atoms with Crippen molar-refractivity contribution in [1.82, 2.24) is 0 Å². The molecule has 0 radical (unpaired) electrons. The van der Waals surface area contributed by atoms with E-state index in [0.717, 1.165) is 10.0 Å². The molecule has 0 atom stereocenters. The lowest BCUT2D eigenvalue weighted by Crippen LogP contribution is -2.11. The van der Waals surface area contributed by atoms with E-state index in [0.29, 0.717) is 5.56 Å². The van der Waals surface area contributed by atoms with E-state index in [1.54, 1.807) is 24.3 Å². The summed E-state index contributed by atoms with van der Waals surface area (Å²) < 4.78 is 5.79. The monoisotopic (exact) mass is 382 g/mol. The predicted molar refractivity (Wildman–Crippen MR) is 90.1 cm³/mol. The number of halogens is 1. The van der Waals surface area contributed by atoms with Crippen LogP contribution in [0.2, 0.25) is 0 Å². The normalized spacial score (nSPS) is 10.2. The van der Waals surface area contributed by atoms with Crippen molar-refractivity contribution in [2.24, 2.45) is 0 Å². The third kappa shape index (κ3) is 6.88. The van der Waals surface area contributed by atoms with Gasteiger partial charge in [0, 0.05) is 36.8 Å². The molecule has 1 aromatic rings. The van der Waals surface area contributed by atoms with Crippen molar-refractivity contribution in [3.05, 3.63) is 40.4 Å². The number of esters is 1. The Morgan fingerprint density at radius 3 is 2.35 bits per heavy atom. The molecule has 0 heterocycles. The highest BCUT2D eigenvalue weighted by Crippen LogP contribution is 2.20. The number of aliphatic hydroxyl groups is 1. The number of carbonyl (C=O) groups is 3. The minimum Gasteiger partial charge on any atom is -0.462 e. The zero-order valence-electron chi connectivity index (χ0n) is 12.7. The molecule has 0 bridgehead atoms. The molecular formula is C17H19BrO5. The fourth-order valence-electron chi connectivity index (χ4n) is 1.81. The molecule has 0 spiro atoms. The molecular weight excluding hydrogens is 364 g/mol. The summed E-state index contributed by atoms with van der Waals surface area (Å²) in [5.74, 6) is -0.803. The summed E-state index contributed by atoms with van der Waals surface area (Å²) in [7, 11) is 0. The highest BCUT2D eigenvalue weighted by molar-refractivity contribution is 9.10. The fraction of sp³-hybridized carbons (Fsp3) is 0.353. The molecule has 0 aromatic heterocycles. The number of hydrogen-bond donors (Lipinski definition) is 1. The van der Waals surface area contributed by atoms with Crippen LogP contribution in [0.15, 0.2) is 29.3 Å². The topological polar surface area (TPSA) is 80.7 Å². The van der Waals surface area contributed by atoms with Crippen molar-refractivity contribution in [2.45, 2.75) is 25.7 Å². The van der Waals surface area contributed by atoms with Gasteiger partial charge in [-0.15, -0.1) is 0 Å². The van der Waals surface area contributed by atoms with Crippen molar-refractivity contribution in [3.63, 3.8) is 0 Å². The van der Waals surface area contributed by atoms with Crippen LogP contribution in [0.25, 0.3) is 6.08 Å². The molecule has 23 heavy (non-hydrogen) atoms. The minimum atomic E-state index is -0.509. The number of carbonyl (C=O) groups excluding carboxylic acids is 3. The highest BCUT2D eigenvalue weighted by Gasteiger charge is 2.11. The SMILES string of the molecule is C=Cc1ccc(C(=O)OCCC(=O)CCC(=O)CCO)cc1Br. The Labute approximate surface area is 143 Å². The third-order valence-electron chi connectivity index (χ3n) is 3.14. The molecule has 0 saturated carbocycles. The van der Waals surface area contributed by atoms with Gasteiger partial charge in [-0.25, -0.2) is 4.79 Å². The van der Waals surface area contributed by atoms with Gasteiger partial charge in [0.15, 0.2) is 0 Å². The fourth-order valence-corrected chi connectivity index (χ4v) is 2.35. The van der Waals surface area contributed by atoms with Gasteiger partial charge in [0.05, 0.1) is 12.2 Å². The second-order valence-electron chi connectivity index (χ2n) is 4.88. The first-order valence-corrected chi connectivity index (χ1v) is 8.00. The summed E-state index contributed by atoms with van der Waals surface area (Å²) in [6.07, 6.45) is 2.02. The van der Waals surface area contributed by atoms with Crippen molar-refractivity contribution >= 4 is 39.5 Å². The molecule has 1 N–H and O–H groups in total. The zero-order valence-corrected chi connectivity index (χ0v) is 14.3. The largest absolute Gasteiger partial charge is 0.462 e. The van der Waals surface area contributed by atoms with Crippen LogP contribution >= 0.6 is 15.9 Å². The average molecular weight is 383 g/mol. The van der Waals surface area contributed by atoms with Crippen molar-refractivity contribution < 1.29 is 24.2 Å². The zero-order chi connectivity index (χ0) is 17.2.